The highest BCUT2D eigenvalue weighted by atomic mass is 79.9. The molecule has 4 N–H and O–H groups in total. The van der Waals surface area contributed by atoms with E-state index in [1.807, 2.05) is 19.9 Å². The summed E-state index contributed by atoms with van der Waals surface area (Å²) in [6.07, 6.45) is 2.50. The number of benzene rings is 1. The number of aryl methyl sites for hydroxylation is 1. The molecule has 3 atom stereocenters. The maximum atomic E-state index is 11.9. The Morgan fingerprint density at radius 3 is 2.60 bits per heavy atom. The van der Waals surface area contributed by atoms with Crippen molar-refractivity contribution in [1.29, 1.82) is 4.78 Å². The van der Waals surface area contributed by atoms with Crippen LogP contribution in [0.1, 0.15) is 19.4 Å². The summed E-state index contributed by atoms with van der Waals surface area (Å²) in [6.45, 7) is 5.38. The maximum absolute atomic E-state index is 11.9. The largest absolute Gasteiger partial charge is 0.391 e. The average Bonchev–Trinajstić information content (AvgIpc) is 2.49. The van der Waals surface area contributed by atoms with Crippen molar-refractivity contribution < 1.29 is 9.32 Å². The third kappa shape index (κ3) is 5.13. The van der Waals surface area contributed by atoms with Gasteiger partial charge in [0.05, 0.1) is 26.3 Å². The van der Waals surface area contributed by atoms with Crippen molar-refractivity contribution in [2.75, 3.05) is 16.9 Å². The van der Waals surface area contributed by atoms with Gasteiger partial charge in [0.15, 0.2) is 0 Å². The van der Waals surface area contributed by atoms with Gasteiger partial charge in [-0.3, -0.25) is 0 Å². The Morgan fingerprint density at radius 1 is 1.36 bits per heavy atom. The zero-order valence-electron chi connectivity index (χ0n) is 14.5. The van der Waals surface area contributed by atoms with Crippen LogP contribution in [0.4, 0.5) is 17.5 Å². The van der Waals surface area contributed by atoms with E-state index in [9.17, 15) is 9.32 Å². The third-order valence-electron chi connectivity index (χ3n) is 3.68. The van der Waals surface area contributed by atoms with Crippen LogP contribution in [0.5, 0.6) is 0 Å². The number of rotatable bonds is 6. The second kappa shape index (κ2) is 7.67. The number of aromatic nitrogens is 2. The van der Waals surface area contributed by atoms with Crippen molar-refractivity contribution >= 4 is 43.1 Å². The zero-order valence-corrected chi connectivity index (χ0v) is 16.9. The Balaban J connectivity index is 2.25. The van der Waals surface area contributed by atoms with Gasteiger partial charge >= 0.3 is 0 Å². The van der Waals surface area contributed by atoms with Crippen LogP contribution in [-0.2, 0) is 9.73 Å². The quantitative estimate of drug-likeness (QED) is 0.561. The Kier molecular flexibility index (Phi) is 6.02. The number of anilines is 3. The van der Waals surface area contributed by atoms with Crippen LogP contribution in [-0.4, -0.2) is 37.7 Å². The van der Waals surface area contributed by atoms with E-state index in [0.29, 0.717) is 21.1 Å². The Labute approximate surface area is 156 Å². The van der Waals surface area contributed by atoms with Crippen LogP contribution in [0.15, 0.2) is 33.8 Å². The first-order valence-electron chi connectivity index (χ1n) is 7.66. The normalized spacial score (nSPS) is 15.9. The summed E-state index contributed by atoms with van der Waals surface area (Å²) in [5.74, 6) is 0.959. The number of aliphatic hydroxyl groups excluding tert-OH is 1. The Hall–Kier alpha value is -1.71. The smallest absolute Gasteiger partial charge is 0.229 e. The molecule has 0 amide bonds. The van der Waals surface area contributed by atoms with E-state index in [1.165, 1.54) is 6.26 Å². The molecule has 1 unspecified atom stereocenters. The second-order valence-electron chi connectivity index (χ2n) is 6.01. The van der Waals surface area contributed by atoms with Gasteiger partial charge in [-0.15, -0.1) is 0 Å². The van der Waals surface area contributed by atoms with Gasteiger partial charge in [0.1, 0.15) is 5.82 Å². The molecule has 0 aliphatic heterocycles. The molecule has 0 saturated heterocycles. The van der Waals surface area contributed by atoms with Crippen molar-refractivity contribution in [1.82, 2.24) is 9.97 Å². The minimum atomic E-state index is -2.76. The van der Waals surface area contributed by atoms with Crippen LogP contribution in [0.25, 0.3) is 0 Å². The van der Waals surface area contributed by atoms with Crippen LogP contribution in [0.2, 0.25) is 0 Å². The second-order valence-corrected chi connectivity index (χ2v) is 8.99. The molecule has 7 nitrogen and oxygen atoms in total. The number of hydrogen-bond acceptors (Lipinski definition) is 7. The molecule has 0 saturated carbocycles. The van der Waals surface area contributed by atoms with E-state index in [-0.39, 0.29) is 6.04 Å². The number of nitrogens with zero attached hydrogens (tertiary/aromatic N) is 2. The molecule has 0 fully saturated rings. The van der Waals surface area contributed by atoms with Gasteiger partial charge in [0, 0.05) is 23.0 Å². The molecular weight excluding hydrogens is 406 g/mol. The number of halogens is 1. The van der Waals surface area contributed by atoms with Gasteiger partial charge in [-0.2, -0.15) is 4.98 Å². The first-order chi connectivity index (χ1) is 11.6. The van der Waals surface area contributed by atoms with E-state index in [2.05, 4.69) is 36.5 Å². The summed E-state index contributed by atoms with van der Waals surface area (Å²) < 4.78 is 20.3. The maximum Gasteiger partial charge on any atom is 0.229 e. The molecule has 0 bridgehead atoms. The first kappa shape index (κ1) is 19.6. The van der Waals surface area contributed by atoms with Crippen LogP contribution < -0.4 is 10.6 Å². The minimum Gasteiger partial charge on any atom is -0.391 e. The summed E-state index contributed by atoms with van der Waals surface area (Å²) in [4.78, 5) is 9.14. The van der Waals surface area contributed by atoms with Crippen molar-refractivity contribution in [3.63, 3.8) is 0 Å². The Bertz CT molecular complexity index is 871. The topological polar surface area (TPSA) is 111 Å². The molecule has 0 radical (unpaired) electrons. The summed E-state index contributed by atoms with van der Waals surface area (Å²) in [5, 5.41) is 15.8. The van der Waals surface area contributed by atoms with E-state index in [0.717, 1.165) is 11.3 Å². The molecule has 1 aromatic carbocycles. The first-order valence-corrected chi connectivity index (χ1v) is 10.4. The van der Waals surface area contributed by atoms with Gasteiger partial charge in [0.25, 0.3) is 0 Å². The summed E-state index contributed by atoms with van der Waals surface area (Å²) in [5.41, 5.74) is 1.51. The molecule has 1 aromatic heterocycles. The van der Waals surface area contributed by atoms with Crippen LogP contribution in [0, 0.1) is 11.7 Å². The molecule has 25 heavy (non-hydrogen) atoms. The van der Waals surface area contributed by atoms with Gasteiger partial charge < -0.3 is 15.7 Å². The molecule has 9 heteroatoms. The van der Waals surface area contributed by atoms with E-state index in [4.69, 9.17) is 4.78 Å². The molecule has 2 rings (SSSR count). The predicted molar refractivity (Wildman–Crippen MR) is 104 cm³/mol. The zero-order chi connectivity index (χ0) is 18.8. The molecule has 0 aliphatic rings. The fraction of sp³-hybridized carbons (Fsp3) is 0.375. The minimum absolute atomic E-state index is 0.171. The van der Waals surface area contributed by atoms with Crippen molar-refractivity contribution in [3.8, 4) is 0 Å². The van der Waals surface area contributed by atoms with Crippen molar-refractivity contribution in [2.24, 2.45) is 0 Å². The highest BCUT2D eigenvalue weighted by Crippen LogP contribution is 2.25. The van der Waals surface area contributed by atoms with Gasteiger partial charge in [-0.05, 0) is 60.5 Å². The number of nitrogens with one attached hydrogen (secondary N) is 3. The molecular formula is C16H22BrN5O2S. The summed E-state index contributed by atoms with van der Waals surface area (Å²) in [7, 11) is -2.76. The van der Waals surface area contributed by atoms with Crippen molar-refractivity contribution in [2.45, 2.75) is 37.8 Å². The fourth-order valence-corrected chi connectivity index (χ4v) is 3.46. The number of aliphatic hydroxyl groups is 1. The van der Waals surface area contributed by atoms with Crippen molar-refractivity contribution in [3.05, 3.63) is 34.4 Å². The molecule has 0 aliphatic carbocycles. The van der Waals surface area contributed by atoms with Gasteiger partial charge in [-0.25, -0.2) is 14.0 Å². The lowest BCUT2D eigenvalue weighted by Gasteiger charge is -2.18. The molecule has 136 valence electrons. The summed E-state index contributed by atoms with van der Waals surface area (Å²) in [6, 6.07) is 5.07. The summed E-state index contributed by atoms with van der Waals surface area (Å²) >= 11 is 3.39. The monoisotopic (exact) mass is 427 g/mol. The molecule has 0 spiro atoms. The lowest BCUT2D eigenvalue weighted by molar-refractivity contribution is 0.177. The lowest BCUT2D eigenvalue weighted by Crippen LogP contribution is -2.28. The average molecular weight is 428 g/mol. The predicted octanol–water partition coefficient (Wildman–Crippen LogP) is 3.51. The van der Waals surface area contributed by atoms with Crippen LogP contribution >= 0.6 is 15.9 Å². The third-order valence-corrected chi connectivity index (χ3v) is 5.56. The molecule has 2 aromatic rings. The van der Waals surface area contributed by atoms with E-state index >= 15 is 0 Å². The van der Waals surface area contributed by atoms with E-state index in [1.54, 1.807) is 25.3 Å². The SMILES string of the molecule is Cc1cc(Nc2ncc(Br)c(N[C@H](C)[C@@H](C)O)n2)ccc1S(C)(=N)=O. The van der Waals surface area contributed by atoms with Gasteiger partial charge in [0.2, 0.25) is 5.95 Å². The lowest BCUT2D eigenvalue weighted by atomic mass is 10.2. The highest BCUT2D eigenvalue weighted by molar-refractivity contribution is 9.10. The Morgan fingerprint density at radius 2 is 2.04 bits per heavy atom. The molecule has 1 heterocycles. The van der Waals surface area contributed by atoms with Gasteiger partial charge in [-0.1, -0.05) is 0 Å². The standard InChI is InChI=1S/C16H22BrN5O2S/c1-9-7-12(5-6-14(9)25(4,18)24)21-16-19-8-13(17)15(22-16)20-10(2)11(3)23/h5-8,10-11,18,23H,1-4H3,(H2,19,20,21,22)/t10-,11-,25?/m1/s1. The van der Waals surface area contributed by atoms with E-state index < -0.39 is 15.8 Å². The fourth-order valence-electron chi connectivity index (χ4n) is 2.16. The number of hydrogen-bond donors (Lipinski definition) is 4. The highest BCUT2D eigenvalue weighted by Gasteiger charge is 2.13. The van der Waals surface area contributed by atoms with Crippen LogP contribution in [0.3, 0.4) is 0 Å².